The highest BCUT2D eigenvalue weighted by Crippen LogP contribution is 2.32. The molecule has 74 valence electrons. The van der Waals surface area contributed by atoms with Crippen molar-refractivity contribution in [3.05, 3.63) is 12.3 Å². The topological polar surface area (TPSA) is 26.3 Å². The second-order valence-electron chi connectivity index (χ2n) is 2.57. The van der Waals surface area contributed by atoms with Crippen molar-refractivity contribution in [3.8, 4) is 0 Å². The Morgan fingerprint density at radius 3 is 2.62 bits per heavy atom. The molecular formula is C7H6F4O2. The summed E-state index contributed by atoms with van der Waals surface area (Å²) in [6.07, 6.45) is -4.94. The molecule has 0 aromatic rings. The van der Waals surface area contributed by atoms with E-state index in [1.807, 2.05) is 0 Å². The monoisotopic (exact) mass is 198 g/mol. The molecule has 0 aromatic heterocycles. The maximum Gasteiger partial charge on any atom is 0.343 e. The molecule has 13 heavy (non-hydrogen) atoms. The molecule has 1 rings (SSSR count). The van der Waals surface area contributed by atoms with Gasteiger partial charge in [0.25, 0.3) is 0 Å². The summed E-state index contributed by atoms with van der Waals surface area (Å²) in [5.74, 6) is -4.92. The minimum Gasteiger partial charge on any atom is -0.491 e. The van der Waals surface area contributed by atoms with Crippen LogP contribution in [0.5, 0.6) is 0 Å². The predicted molar refractivity (Wildman–Crippen MR) is 34.6 cm³/mol. The van der Waals surface area contributed by atoms with Crippen LogP contribution >= 0.6 is 0 Å². The van der Waals surface area contributed by atoms with Gasteiger partial charge in [-0.05, 0) is 0 Å². The third-order valence-electron chi connectivity index (χ3n) is 1.60. The summed E-state index contributed by atoms with van der Waals surface area (Å²) in [5, 5.41) is 0. The third-order valence-corrected chi connectivity index (χ3v) is 1.60. The summed E-state index contributed by atoms with van der Waals surface area (Å²) in [5.41, 5.74) is 0. The Morgan fingerprint density at radius 1 is 1.54 bits per heavy atom. The number of carbonyl (C=O) groups excluding carboxylic acids is 1. The van der Waals surface area contributed by atoms with Crippen molar-refractivity contribution in [1.29, 1.82) is 0 Å². The summed E-state index contributed by atoms with van der Waals surface area (Å²) in [6, 6.07) is 0. The molecule has 1 atom stereocenters. The molecule has 1 heterocycles. The minimum absolute atomic E-state index is 0.642. The molecule has 6 heteroatoms. The first-order chi connectivity index (χ1) is 5.94. The van der Waals surface area contributed by atoms with Gasteiger partial charge in [0.15, 0.2) is 11.9 Å². The zero-order valence-corrected chi connectivity index (χ0v) is 6.34. The fourth-order valence-corrected chi connectivity index (χ4v) is 0.876. The van der Waals surface area contributed by atoms with Crippen LogP contribution < -0.4 is 0 Å². The molecular weight excluding hydrogens is 192 g/mol. The second-order valence-corrected chi connectivity index (χ2v) is 2.57. The van der Waals surface area contributed by atoms with Crippen LogP contribution in [0, 0.1) is 0 Å². The average Bonchev–Trinajstić information content (AvgIpc) is 2.04. The molecule has 1 unspecified atom stereocenters. The number of allylic oxidation sites excluding steroid dienone is 1. The van der Waals surface area contributed by atoms with Gasteiger partial charge in [-0.3, -0.25) is 4.79 Å². The number of carbonyl (C=O) groups is 1. The molecule has 1 aliphatic heterocycles. The number of hydrogen-bond acceptors (Lipinski definition) is 2. The molecule has 0 radical (unpaired) electrons. The van der Waals surface area contributed by atoms with Crippen LogP contribution in [0.15, 0.2) is 12.3 Å². The van der Waals surface area contributed by atoms with E-state index in [0.717, 1.165) is 6.08 Å². The molecule has 1 aliphatic rings. The summed E-state index contributed by atoms with van der Waals surface area (Å²) in [6.45, 7) is 0. The fourth-order valence-electron chi connectivity index (χ4n) is 0.876. The number of halogens is 4. The molecule has 0 amide bonds. The highest BCUT2D eigenvalue weighted by atomic mass is 19.3. The molecule has 0 spiro atoms. The van der Waals surface area contributed by atoms with Crippen molar-refractivity contribution in [2.45, 2.75) is 24.9 Å². The van der Waals surface area contributed by atoms with Crippen molar-refractivity contribution < 1.29 is 27.1 Å². The van der Waals surface area contributed by atoms with Crippen molar-refractivity contribution in [3.63, 3.8) is 0 Å². The van der Waals surface area contributed by atoms with Crippen LogP contribution in [0.2, 0.25) is 0 Å². The van der Waals surface area contributed by atoms with Crippen LogP contribution in [-0.2, 0) is 9.53 Å². The number of alkyl halides is 4. The lowest BCUT2D eigenvalue weighted by atomic mass is 10.1. The molecule has 0 aliphatic carbocycles. The highest BCUT2D eigenvalue weighted by Gasteiger charge is 2.51. The summed E-state index contributed by atoms with van der Waals surface area (Å²) < 4.78 is 52.8. The molecule has 0 aromatic carbocycles. The Bertz CT molecular complexity index is 237. The molecule has 2 nitrogen and oxygen atoms in total. The van der Waals surface area contributed by atoms with E-state index in [2.05, 4.69) is 4.74 Å². The van der Waals surface area contributed by atoms with E-state index in [-0.39, 0.29) is 0 Å². The normalized spacial score (nSPS) is 23.5. The Kier molecular flexibility index (Phi) is 2.58. The first-order valence-corrected chi connectivity index (χ1v) is 3.45. The van der Waals surface area contributed by atoms with Crippen molar-refractivity contribution in [2.24, 2.45) is 0 Å². The van der Waals surface area contributed by atoms with Crippen LogP contribution in [0.1, 0.15) is 6.42 Å². The van der Waals surface area contributed by atoms with Gasteiger partial charge in [0.2, 0.25) is 0 Å². The van der Waals surface area contributed by atoms with Crippen LogP contribution in [0.4, 0.5) is 17.6 Å². The highest BCUT2D eigenvalue weighted by molar-refractivity contribution is 5.90. The van der Waals surface area contributed by atoms with Crippen LogP contribution in [0.3, 0.4) is 0 Å². The zero-order chi connectivity index (χ0) is 10.1. The van der Waals surface area contributed by atoms with Gasteiger partial charge < -0.3 is 4.74 Å². The van der Waals surface area contributed by atoms with E-state index < -0.39 is 30.7 Å². The van der Waals surface area contributed by atoms with E-state index in [1.165, 1.54) is 0 Å². The van der Waals surface area contributed by atoms with Gasteiger partial charge in [-0.25, -0.2) is 8.78 Å². The average molecular weight is 198 g/mol. The van der Waals surface area contributed by atoms with Gasteiger partial charge in [-0.2, -0.15) is 8.78 Å². The van der Waals surface area contributed by atoms with Gasteiger partial charge in [-0.15, -0.1) is 0 Å². The summed E-state index contributed by atoms with van der Waals surface area (Å²) in [7, 11) is 0. The largest absolute Gasteiger partial charge is 0.491 e. The lowest BCUT2D eigenvalue weighted by Crippen LogP contribution is -2.43. The lowest BCUT2D eigenvalue weighted by molar-refractivity contribution is -0.196. The van der Waals surface area contributed by atoms with Gasteiger partial charge in [0, 0.05) is 6.08 Å². The number of hydrogen-bond donors (Lipinski definition) is 0. The first kappa shape index (κ1) is 10.0. The number of ketones is 1. The standard InChI is InChI=1S/C7H6F4O2/c8-6(9)7(10,11)5-3-4(12)1-2-13-5/h1-2,5-6H,3H2. The van der Waals surface area contributed by atoms with Crippen LogP contribution in [-0.4, -0.2) is 24.2 Å². The maximum absolute atomic E-state index is 12.5. The molecule has 0 saturated carbocycles. The Labute approximate surface area is 71.2 Å². The van der Waals surface area contributed by atoms with Gasteiger partial charge in [0.05, 0.1) is 12.7 Å². The predicted octanol–water partition coefficient (Wildman–Crippen LogP) is 1.76. The Morgan fingerprint density at radius 2 is 2.15 bits per heavy atom. The number of ether oxygens (including phenoxy) is 1. The van der Waals surface area contributed by atoms with Crippen molar-refractivity contribution in [1.82, 2.24) is 0 Å². The Balaban J connectivity index is 2.72. The second kappa shape index (κ2) is 3.35. The number of rotatable bonds is 2. The van der Waals surface area contributed by atoms with E-state index in [9.17, 15) is 22.4 Å². The quantitative estimate of drug-likeness (QED) is 0.632. The smallest absolute Gasteiger partial charge is 0.343 e. The third kappa shape index (κ3) is 1.99. The van der Waals surface area contributed by atoms with E-state index in [1.54, 1.807) is 0 Å². The van der Waals surface area contributed by atoms with Gasteiger partial charge >= 0.3 is 12.3 Å². The van der Waals surface area contributed by atoms with Crippen LogP contribution in [0.25, 0.3) is 0 Å². The summed E-state index contributed by atoms with van der Waals surface area (Å²) >= 11 is 0. The molecule has 0 N–H and O–H groups in total. The van der Waals surface area contributed by atoms with E-state index >= 15 is 0 Å². The van der Waals surface area contributed by atoms with Gasteiger partial charge in [0.1, 0.15) is 0 Å². The fraction of sp³-hybridized carbons (Fsp3) is 0.571. The first-order valence-electron chi connectivity index (χ1n) is 3.45. The maximum atomic E-state index is 12.5. The van der Waals surface area contributed by atoms with E-state index in [4.69, 9.17) is 0 Å². The lowest BCUT2D eigenvalue weighted by Gasteiger charge is -2.26. The molecule has 0 fully saturated rings. The summed E-state index contributed by atoms with van der Waals surface area (Å²) in [4.78, 5) is 10.6. The Hall–Kier alpha value is -1.07. The van der Waals surface area contributed by atoms with E-state index in [0.29, 0.717) is 6.26 Å². The van der Waals surface area contributed by atoms with Gasteiger partial charge in [-0.1, -0.05) is 0 Å². The van der Waals surface area contributed by atoms with Crippen molar-refractivity contribution >= 4 is 5.78 Å². The van der Waals surface area contributed by atoms with Crippen molar-refractivity contribution in [2.75, 3.05) is 0 Å². The molecule has 0 saturated heterocycles. The molecule has 0 bridgehead atoms. The zero-order valence-electron chi connectivity index (χ0n) is 6.34. The minimum atomic E-state index is -4.28. The SMILES string of the molecule is O=C1C=COC(C(F)(F)C(F)F)C1.